The Morgan fingerprint density at radius 2 is 1.93 bits per heavy atom. The van der Waals surface area contributed by atoms with Crippen LogP contribution in [0.4, 0.5) is 5.82 Å². The molecule has 0 saturated carbocycles. The molecule has 0 saturated heterocycles. The molecule has 1 amide bonds. The molecule has 2 heterocycles. The number of methoxy groups -OCH3 is 2. The van der Waals surface area contributed by atoms with Gasteiger partial charge in [-0.25, -0.2) is 4.98 Å². The third kappa shape index (κ3) is 3.79. The molecule has 0 fully saturated rings. The van der Waals surface area contributed by atoms with Crippen LogP contribution in [-0.2, 0) is 4.79 Å². The second-order valence-corrected chi connectivity index (χ2v) is 7.22. The quantitative estimate of drug-likeness (QED) is 0.577. The van der Waals surface area contributed by atoms with Gasteiger partial charge in [-0.2, -0.15) is 0 Å². The van der Waals surface area contributed by atoms with Crippen molar-refractivity contribution in [2.75, 3.05) is 25.7 Å². The van der Waals surface area contributed by atoms with Crippen LogP contribution in [0.1, 0.15) is 37.9 Å². The van der Waals surface area contributed by atoms with Crippen LogP contribution in [0.5, 0.6) is 11.5 Å². The molecule has 3 aromatic rings. The lowest BCUT2D eigenvalue weighted by Crippen LogP contribution is -2.31. The normalized spacial score (nSPS) is 11.0. The van der Waals surface area contributed by atoms with E-state index in [4.69, 9.17) is 14.5 Å². The van der Waals surface area contributed by atoms with Crippen molar-refractivity contribution in [2.45, 2.75) is 40.5 Å². The maximum Gasteiger partial charge on any atom is 0.225 e. The number of nitrogens with zero attached hydrogens (tertiary/aromatic N) is 3. The molecule has 0 spiro atoms. The minimum absolute atomic E-state index is 0.0108. The zero-order chi connectivity index (χ0) is 21.1. The fraction of sp³-hybridized carbons (Fsp3) is 0.391. The highest BCUT2D eigenvalue weighted by Gasteiger charge is 2.26. The van der Waals surface area contributed by atoms with Gasteiger partial charge < -0.3 is 9.47 Å². The summed E-state index contributed by atoms with van der Waals surface area (Å²) in [5.74, 6) is 1.99. The molecule has 0 radical (unpaired) electrons. The van der Waals surface area contributed by atoms with Crippen molar-refractivity contribution < 1.29 is 14.3 Å². The predicted molar refractivity (Wildman–Crippen MR) is 116 cm³/mol. The van der Waals surface area contributed by atoms with Crippen LogP contribution in [0, 0.1) is 13.8 Å². The van der Waals surface area contributed by atoms with E-state index in [0.29, 0.717) is 23.7 Å². The van der Waals surface area contributed by atoms with Crippen LogP contribution in [0.25, 0.3) is 16.9 Å². The molecule has 0 aliphatic carbocycles. The first-order chi connectivity index (χ1) is 13.9. The highest BCUT2D eigenvalue weighted by atomic mass is 16.5. The first kappa shape index (κ1) is 20.7. The average Bonchev–Trinajstić information content (AvgIpc) is 3.06. The molecule has 0 N–H and O–H groups in total. The molecule has 1 aromatic carbocycles. The number of anilines is 1. The maximum absolute atomic E-state index is 12.7. The number of unbranched alkanes of at least 4 members (excludes halogenated alkanes) is 1. The summed E-state index contributed by atoms with van der Waals surface area (Å²) < 4.78 is 13.2. The topological polar surface area (TPSA) is 56.1 Å². The van der Waals surface area contributed by atoms with Crippen molar-refractivity contribution in [1.82, 2.24) is 9.38 Å². The number of pyridine rings is 1. The van der Waals surface area contributed by atoms with Crippen molar-refractivity contribution >= 4 is 17.4 Å². The Morgan fingerprint density at radius 1 is 1.17 bits per heavy atom. The number of aromatic nitrogens is 2. The van der Waals surface area contributed by atoms with Crippen LogP contribution in [0.2, 0.25) is 0 Å². The average molecular weight is 396 g/mol. The zero-order valence-corrected chi connectivity index (χ0v) is 18.1. The third-order valence-electron chi connectivity index (χ3n) is 5.05. The number of aryl methyl sites for hydroxylation is 2. The standard InChI is InChI=1S/C23H29N3O3/c1-7-8-12-25(17(4)27)23-21(18-10-9-11-19(28-5)22(18)29-6)24-20-14-15(2)13-16(3)26(20)23/h9-11,13-14H,7-8,12H2,1-6H3. The Kier molecular flexibility index (Phi) is 6.11. The van der Waals surface area contributed by atoms with Gasteiger partial charge in [-0.1, -0.05) is 19.4 Å². The number of carbonyl (C=O) groups excluding carboxylic acids is 1. The number of para-hydroxylation sites is 1. The van der Waals surface area contributed by atoms with Crippen LogP contribution in [0.15, 0.2) is 30.3 Å². The summed E-state index contributed by atoms with van der Waals surface area (Å²) in [5, 5.41) is 0. The Hall–Kier alpha value is -3.02. The van der Waals surface area contributed by atoms with E-state index in [9.17, 15) is 4.79 Å². The van der Waals surface area contributed by atoms with Crippen LogP contribution < -0.4 is 14.4 Å². The van der Waals surface area contributed by atoms with E-state index in [1.165, 1.54) is 0 Å². The number of fused-ring (bicyclic) bond motifs is 1. The first-order valence-electron chi connectivity index (χ1n) is 9.92. The second-order valence-electron chi connectivity index (χ2n) is 7.22. The number of benzene rings is 1. The van der Waals surface area contributed by atoms with Crippen molar-refractivity contribution in [3.05, 3.63) is 41.6 Å². The number of hydrogen-bond donors (Lipinski definition) is 0. The zero-order valence-electron chi connectivity index (χ0n) is 18.1. The summed E-state index contributed by atoms with van der Waals surface area (Å²) in [6.07, 6.45) is 1.91. The van der Waals surface area contributed by atoms with E-state index < -0.39 is 0 Å². The van der Waals surface area contributed by atoms with Crippen molar-refractivity contribution in [3.8, 4) is 22.8 Å². The molecule has 0 unspecified atom stereocenters. The summed E-state index contributed by atoms with van der Waals surface area (Å²) in [6, 6.07) is 9.85. The van der Waals surface area contributed by atoms with E-state index in [1.807, 2.05) is 43.0 Å². The van der Waals surface area contributed by atoms with Gasteiger partial charge in [0, 0.05) is 24.7 Å². The molecule has 6 nitrogen and oxygen atoms in total. The summed E-state index contributed by atoms with van der Waals surface area (Å²) in [4.78, 5) is 19.4. The molecule has 0 atom stereocenters. The van der Waals surface area contributed by atoms with Gasteiger partial charge in [-0.05, 0) is 50.1 Å². The van der Waals surface area contributed by atoms with Gasteiger partial charge in [-0.3, -0.25) is 14.1 Å². The summed E-state index contributed by atoms with van der Waals surface area (Å²) in [5.41, 5.74) is 4.46. The highest BCUT2D eigenvalue weighted by Crippen LogP contribution is 2.42. The fourth-order valence-electron chi connectivity index (χ4n) is 3.74. The number of carbonyl (C=O) groups is 1. The molecular formula is C23H29N3O3. The summed E-state index contributed by atoms with van der Waals surface area (Å²) in [6.45, 7) is 8.44. The lowest BCUT2D eigenvalue weighted by atomic mass is 10.1. The molecule has 0 aliphatic rings. The maximum atomic E-state index is 12.7. The Bertz CT molecular complexity index is 1040. The molecule has 29 heavy (non-hydrogen) atoms. The van der Waals surface area contributed by atoms with E-state index >= 15 is 0 Å². The molecule has 3 rings (SSSR count). The van der Waals surface area contributed by atoms with Crippen molar-refractivity contribution in [2.24, 2.45) is 0 Å². The largest absolute Gasteiger partial charge is 0.493 e. The SMILES string of the molecule is CCCCN(C(C)=O)c1c(-c2cccc(OC)c2OC)nc2cc(C)cc(C)n12. The lowest BCUT2D eigenvalue weighted by Gasteiger charge is -2.23. The van der Waals surface area contributed by atoms with E-state index in [1.54, 1.807) is 21.1 Å². The fourth-order valence-corrected chi connectivity index (χ4v) is 3.74. The number of ether oxygens (including phenoxy) is 2. The first-order valence-corrected chi connectivity index (χ1v) is 9.92. The van der Waals surface area contributed by atoms with Gasteiger partial charge in [0.15, 0.2) is 11.5 Å². The monoisotopic (exact) mass is 395 g/mol. The Morgan fingerprint density at radius 3 is 2.55 bits per heavy atom. The highest BCUT2D eigenvalue weighted by molar-refractivity contribution is 5.96. The number of rotatable bonds is 7. The molecule has 154 valence electrons. The molecular weight excluding hydrogens is 366 g/mol. The van der Waals surface area contributed by atoms with Gasteiger partial charge in [-0.15, -0.1) is 0 Å². The number of amides is 1. The van der Waals surface area contributed by atoms with E-state index in [2.05, 4.69) is 17.4 Å². The Balaban J connectivity index is 2.38. The number of hydrogen-bond acceptors (Lipinski definition) is 4. The summed E-state index contributed by atoms with van der Waals surface area (Å²) in [7, 11) is 3.23. The van der Waals surface area contributed by atoms with Gasteiger partial charge >= 0.3 is 0 Å². The van der Waals surface area contributed by atoms with Crippen molar-refractivity contribution in [3.63, 3.8) is 0 Å². The summed E-state index contributed by atoms with van der Waals surface area (Å²) >= 11 is 0. The van der Waals surface area contributed by atoms with Gasteiger partial charge in [0.05, 0.1) is 14.2 Å². The van der Waals surface area contributed by atoms with Crippen LogP contribution >= 0.6 is 0 Å². The van der Waals surface area contributed by atoms with Gasteiger partial charge in [0.1, 0.15) is 17.2 Å². The molecule has 0 bridgehead atoms. The van der Waals surface area contributed by atoms with Crippen LogP contribution in [0.3, 0.4) is 0 Å². The molecule has 6 heteroatoms. The Labute approximate surface area is 172 Å². The molecule has 0 aliphatic heterocycles. The smallest absolute Gasteiger partial charge is 0.225 e. The number of imidazole rings is 1. The minimum atomic E-state index is -0.0108. The lowest BCUT2D eigenvalue weighted by molar-refractivity contribution is -0.116. The second kappa shape index (κ2) is 8.55. The van der Waals surface area contributed by atoms with Gasteiger partial charge in [0.25, 0.3) is 0 Å². The predicted octanol–water partition coefficient (Wildman–Crippen LogP) is 4.79. The third-order valence-corrected chi connectivity index (χ3v) is 5.05. The van der Waals surface area contributed by atoms with Gasteiger partial charge in [0.2, 0.25) is 5.91 Å². The molecule has 2 aromatic heterocycles. The van der Waals surface area contributed by atoms with E-state index in [-0.39, 0.29) is 5.91 Å². The van der Waals surface area contributed by atoms with Crippen LogP contribution in [-0.4, -0.2) is 36.1 Å². The minimum Gasteiger partial charge on any atom is -0.493 e. The van der Waals surface area contributed by atoms with Crippen molar-refractivity contribution in [1.29, 1.82) is 0 Å². The van der Waals surface area contributed by atoms with E-state index in [0.717, 1.165) is 41.1 Å².